The summed E-state index contributed by atoms with van der Waals surface area (Å²) in [5, 5.41) is 3.20. The first-order valence-corrected chi connectivity index (χ1v) is 8.44. The van der Waals surface area contributed by atoms with Crippen LogP contribution in [0.25, 0.3) is 0 Å². The van der Waals surface area contributed by atoms with Crippen LogP contribution in [0, 0.1) is 0 Å². The maximum atomic E-state index is 3.68. The molecule has 0 aromatic heterocycles. The largest absolute Gasteiger partial charge is 0.369 e. The third kappa shape index (κ3) is 4.95. The molecular formula is C16H27BrN4. The van der Waals surface area contributed by atoms with Gasteiger partial charge in [-0.15, -0.1) is 0 Å². The van der Waals surface area contributed by atoms with Crippen LogP contribution in [0.1, 0.15) is 5.56 Å². The van der Waals surface area contributed by atoms with Gasteiger partial charge in [-0.3, -0.25) is 4.90 Å². The van der Waals surface area contributed by atoms with Gasteiger partial charge in [0.1, 0.15) is 0 Å². The van der Waals surface area contributed by atoms with Crippen LogP contribution in [-0.2, 0) is 6.54 Å². The molecule has 1 aliphatic heterocycles. The Kier molecular flexibility index (Phi) is 6.48. The van der Waals surface area contributed by atoms with E-state index in [0.717, 1.165) is 39.3 Å². The van der Waals surface area contributed by atoms with Crippen LogP contribution in [0.5, 0.6) is 0 Å². The molecule has 0 saturated carbocycles. The fourth-order valence-electron chi connectivity index (χ4n) is 2.64. The van der Waals surface area contributed by atoms with Gasteiger partial charge in [0.25, 0.3) is 0 Å². The SMILES string of the molecule is CNCc1ccc(N2CCN(CCN(C)C)CC2)cc1Br. The zero-order valence-electron chi connectivity index (χ0n) is 13.4. The quantitative estimate of drug-likeness (QED) is 0.841. The molecule has 0 unspecified atom stereocenters. The lowest BCUT2D eigenvalue weighted by atomic mass is 10.1. The van der Waals surface area contributed by atoms with E-state index < -0.39 is 0 Å². The van der Waals surface area contributed by atoms with Gasteiger partial charge < -0.3 is 15.1 Å². The topological polar surface area (TPSA) is 21.8 Å². The van der Waals surface area contributed by atoms with E-state index in [4.69, 9.17) is 0 Å². The Balaban J connectivity index is 1.88. The van der Waals surface area contributed by atoms with Crippen LogP contribution < -0.4 is 10.2 Å². The summed E-state index contributed by atoms with van der Waals surface area (Å²) in [6, 6.07) is 6.71. The normalized spacial score (nSPS) is 16.7. The summed E-state index contributed by atoms with van der Waals surface area (Å²) in [4.78, 5) is 7.30. The van der Waals surface area contributed by atoms with E-state index in [9.17, 15) is 0 Å². The van der Waals surface area contributed by atoms with Gasteiger partial charge in [-0.05, 0) is 38.8 Å². The lowest BCUT2D eigenvalue weighted by Crippen LogP contribution is -2.48. The fraction of sp³-hybridized carbons (Fsp3) is 0.625. The molecule has 0 aliphatic carbocycles. The van der Waals surface area contributed by atoms with Gasteiger partial charge in [0.2, 0.25) is 0 Å². The van der Waals surface area contributed by atoms with E-state index in [-0.39, 0.29) is 0 Å². The van der Waals surface area contributed by atoms with Gasteiger partial charge in [-0.25, -0.2) is 0 Å². The number of likely N-dealkylation sites (N-methyl/N-ethyl adjacent to an activating group) is 1. The van der Waals surface area contributed by atoms with Crippen LogP contribution in [0.3, 0.4) is 0 Å². The molecule has 1 aromatic rings. The summed E-state index contributed by atoms with van der Waals surface area (Å²) in [5.74, 6) is 0. The van der Waals surface area contributed by atoms with Crippen molar-refractivity contribution in [2.24, 2.45) is 0 Å². The number of anilines is 1. The minimum absolute atomic E-state index is 0.902. The van der Waals surface area contributed by atoms with Crippen LogP contribution in [0.4, 0.5) is 5.69 Å². The zero-order chi connectivity index (χ0) is 15.2. The molecule has 1 saturated heterocycles. The van der Waals surface area contributed by atoms with E-state index >= 15 is 0 Å². The van der Waals surface area contributed by atoms with E-state index in [1.165, 1.54) is 22.3 Å². The Hall–Kier alpha value is -0.620. The molecule has 4 nitrogen and oxygen atoms in total. The number of rotatable bonds is 6. The molecule has 2 rings (SSSR count). The van der Waals surface area contributed by atoms with Crippen molar-refractivity contribution in [3.8, 4) is 0 Å². The van der Waals surface area contributed by atoms with Crippen LogP contribution in [0.15, 0.2) is 22.7 Å². The smallest absolute Gasteiger partial charge is 0.0378 e. The summed E-state index contributed by atoms with van der Waals surface area (Å²) in [5.41, 5.74) is 2.64. The van der Waals surface area contributed by atoms with Crippen LogP contribution >= 0.6 is 15.9 Å². The van der Waals surface area contributed by atoms with Gasteiger partial charge in [0.05, 0.1) is 0 Å². The molecule has 1 aliphatic rings. The van der Waals surface area contributed by atoms with Crippen molar-refractivity contribution >= 4 is 21.6 Å². The first kappa shape index (κ1) is 16.7. The van der Waals surface area contributed by atoms with Gasteiger partial charge in [-0.1, -0.05) is 22.0 Å². The van der Waals surface area contributed by atoms with Crippen molar-refractivity contribution in [3.63, 3.8) is 0 Å². The molecule has 0 amide bonds. The molecule has 1 fully saturated rings. The molecule has 0 radical (unpaired) electrons. The molecule has 21 heavy (non-hydrogen) atoms. The average molecular weight is 355 g/mol. The zero-order valence-corrected chi connectivity index (χ0v) is 15.0. The highest BCUT2D eigenvalue weighted by Crippen LogP contribution is 2.25. The number of nitrogens with zero attached hydrogens (tertiary/aromatic N) is 3. The van der Waals surface area contributed by atoms with Gasteiger partial charge in [-0.2, -0.15) is 0 Å². The second-order valence-corrected chi connectivity index (χ2v) is 6.79. The van der Waals surface area contributed by atoms with Gasteiger partial charge in [0, 0.05) is 56.0 Å². The summed E-state index contributed by atoms with van der Waals surface area (Å²) in [7, 11) is 6.26. The number of hydrogen-bond acceptors (Lipinski definition) is 4. The lowest BCUT2D eigenvalue weighted by molar-refractivity contribution is 0.229. The first-order chi connectivity index (χ1) is 10.1. The second kappa shape index (κ2) is 8.13. The van der Waals surface area contributed by atoms with Crippen molar-refractivity contribution in [2.45, 2.75) is 6.54 Å². The first-order valence-electron chi connectivity index (χ1n) is 7.65. The Morgan fingerprint density at radius 3 is 2.48 bits per heavy atom. The van der Waals surface area contributed by atoms with Crippen molar-refractivity contribution in [1.29, 1.82) is 0 Å². The summed E-state index contributed by atoms with van der Waals surface area (Å²) < 4.78 is 1.20. The van der Waals surface area contributed by atoms with Crippen molar-refractivity contribution < 1.29 is 0 Å². The summed E-state index contributed by atoms with van der Waals surface area (Å²) in [6.45, 7) is 7.76. The number of nitrogens with one attached hydrogen (secondary N) is 1. The minimum atomic E-state index is 0.902. The highest BCUT2D eigenvalue weighted by Gasteiger charge is 2.17. The molecule has 1 aromatic carbocycles. The molecule has 118 valence electrons. The molecule has 0 spiro atoms. The Bertz CT molecular complexity index is 442. The molecular weight excluding hydrogens is 328 g/mol. The number of benzene rings is 1. The van der Waals surface area contributed by atoms with Crippen molar-refractivity contribution in [3.05, 3.63) is 28.2 Å². The van der Waals surface area contributed by atoms with E-state index in [0.29, 0.717) is 0 Å². The third-order valence-corrected chi connectivity index (χ3v) is 4.74. The minimum Gasteiger partial charge on any atom is -0.369 e. The standard InChI is InChI=1S/C16H27BrN4/c1-18-13-14-4-5-15(12-16(14)17)21-10-8-20(9-11-21)7-6-19(2)3/h4-5,12,18H,6-11,13H2,1-3H3. The second-order valence-electron chi connectivity index (χ2n) is 5.94. The Morgan fingerprint density at radius 2 is 1.90 bits per heavy atom. The third-order valence-electron chi connectivity index (χ3n) is 4.00. The number of hydrogen-bond donors (Lipinski definition) is 1. The van der Waals surface area contributed by atoms with E-state index in [1.54, 1.807) is 0 Å². The summed E-state index contributed by atoms with van der Waals surface area (Å²) >= 11 is 3.68. The molecule has 5 heteroatoms. The van der Waals surface area contributed by atoms with E-state index in [2.05, 4.69) is 68.2 Å². The van der Waals surface area contributed by atoms with Crippen molar-refractivity contribution in [2.75, 3.05) is 65.3 Å². The lowest BCUT2D eigenvalue weighted by Gasteiger charge is -2.36. The van der Waals surface area contributed by atoms with Crippen LogP contribution in [-0.4, -0.2) is 70.2 Å². The molecule has 1 N–H and O–H groups in total. The predicted molar refractivity (Wildman–Crippen MR) is 94.1 cm³/mol. The van der Waals surface area contributed by atoms with Crippen LogP contribution in [0.2, 0.25) is 0 Å². The highest BCUT2D eigenvalue weighted by atomic mass is 79.9. The molecule has 0 atom stereocenters. The highest BCUT2D eigenvalue weighted by molar-refractivity contribution is 9.10. The van der Waals surface area contributed by atoms with Crippen molar-refractivity contribution in [1.82, 2.24) is 15.1 Å². The Labute approximate surface area is 137 Å². The molecule has 1 heterocycles. The predicted octanol–water partition coefficient (Wildman–Crippen LogP) is 1.85. The Morgan fingerprint density at radius 1 is 1.19 bits per heavy atom. The van der Waals surface area contributed by atoms with E-state index in [1.807, 2.05) is 7.05 Å². The monoisotopic (exact) mass is 354 g/mol. The maximum absolute atomic E-state index is 3.68. The fourth-order valence-corrected chi connectivity index (χ4v) is 3.14. The summed E-state index contributed by atoms with van der Waals surface area (Å²) in [6.07, 6.45) is 0. The number of halogens is 1. The number of piperazine rings is 1. The van der Waals surface area contributed by atoms with Gasteiger partial charge in [0.15, 0.2) is 0 Å². The molecule has 0 bridgehead atoms. The average Bonchev–Trinajstić information content (AvgIpc) is 2.48. The maximum Gasteiger partial charge on any atom is 0.0378 e. The van der Waals surface area contributed by atoms with Gasteiger partial charge >= 0.3 is 0 Å².